The van der Waals surface area contributed by atoms with Crippen LogP contribution in [0, 0.1) is 5.92 Å². The second kappa shape index (κ2) is 10.4. The van der Waals surface area contributed by atoms with Gasteiger partial charge in [0.05, 0.1) is 12.7 Å². The number of hydrogen-bond acceptors (Lipinski definition) is 4. The Kier molecular flexibility index (Phi) is 8.77. The van der Waals surface area contributed by atoms with Crippen LogP contribution in [0.1, 0.15) is 34.1 Å². The topological polar surface area (TPSA) is 55.4 Å². The molecule has 1 atom stereocenters. The summed E-state index contributed by atoms with van der Waals surface area (Å²) < 4.78 is 221. The Morgan fingerprint density at radius 3 is 1.76 bits per heavy atom. The predicted octanol–water partition coefficient (Wildman–Crippen LogP) is 7.31. The van der Waals surface area contributed by atoms with E-state index in [0.29, 0.717) is 6.42 Å². The number of alkyl halides is 16. The van der Waals surface area contributed by atoms with Crippen molar-refractivity contribution in [1.82, 2.24) is 0 Å². The maximum Gasteiger partial charge on any atom is 0.393 e. The van der Waals surface area contributed by atoms with E-state index in [9.17, 15) is 79.8 Å². The number of anilines is 1. The molecule has 1 aliphatic carbocycles. The molecule has 41 heavy (non-hydrogen) atoms. The lowest BCUT2D eigenvalue weighted by Gasteiger charge is -2.42. The van der Waals surface area contributed by atoms with Gasteiger partial charge in [-0.2, -0.15) is 61.5 Å². The Morgan fingerprint density at radius 2 is 1.29 bits per heavy atom. The highest BCUT2D eigenvalue weighted by Crippen LogP contribution is 2.63. The smallest absolute Gasteiger partial charge is 0.393 e. The monoisotopic (exact) mass is 653 g/mol. The molecule has 2 rings (SSSR count). The van der Waals surface area contributed by atoms with Crippen molar-refractivity contribution in [2.24, 2.45) is 5.92 Å². The first-order valence-electron chi connectivity index (χ1n) is 10.7. The van der Waals surface area contributed by atoms with Gasteiger partial charge in [-0.15, -0.1) is 11.3 Å². The highest BCUT2D eigenvalue weighted by atomic mass is 32.1. The van der Waals surface area contributed by atoms with Gasteiger partial charge in [-0.1, -0.05) is 6.92 Å². The van der Waals surface area contributed by atoms with Crippen molar-refractivity contribution in [3.8, 4) is 0 Å². The van der Waals surface area contributed by atoms with Gasteiger partial charge in [0.2, 0.25) is 0 Å². The third-order valence-electron chi connectivity index (χ3n) is 6.08. The summed E-state index contributed by atoms with van der Waals surface area (Å²) in [6.07, 6.45) is -5.45. The third-order valence-corrected chi connectivity index (χ3v) is 7.25. The molecular weight excluding hydrogens is 638 g/mol. The van der Waals surface area contributed by atoms with E-state index in [4.69, 9.17) is 0 Å². The summed E-state index contributed by atoms with van der Waals surface area (Å²) in [4.78, 5) is 24.3. The first kappa shape index (κ1) is 34.7. The van der Waals surface area contributed by atoms with E-state index in [1.165, 1.54) is 0 Å². The van der Waals surface area contributed by atoms with E-state index < -0.39 is 70.3 Å². The minimum atomic E-state index is -8.62. The number of carbonyl (C=O) groups is 2. The van der Waals surface area contributed by atoms with E-state index in [2.05, 4.69) is 4.74 Å². The maximum absolute atomic E-state index is 14.3. The van der Waals surface area contributed by atoms with Crippen LogP contribution in [0.4, 0.5) is 75.2 Å². The van der Waals surface area contributed by atoms with Crippen LogP contribution in [0.15, 0.2) is 0 Å². The van der Waals surface area contributed by atoms with Crippen molar-refractivity contribution in [3.63, 3.8) is 0 Å². The van der Waals surface area contributed by atoms with Crippen LogP contribution >= 0.6 is 11.3 Å². The van der Waals surface area contributed by atoms with Gasteiger partial charge in [0, 0.05) is 4.88 Å². The fourth-order valence-corrected chi connectivity index (χ4v) is 5.01. The summed E-state index contributed by atoms with van der Waals surface area (Å²) in [6, 6.07) is 0. The normalized spacial score (nSPS) is 17.9. The van der Waals surface area contributed by atoms with Crippen molar-refractivity contribution < 1.29 is 84.6 Å². The molecule has 1 aromatic heterocycles. The fourth-order valence-electron chi connectivity index (χ4n) is 3.62. The number of carbonyl (C=O) groups excluding carboxylic acids is 2. The van der Waals surface area contributed by atoms with Crippen LogP contribution in [0.5, 0.6) is 0 Å². The quantitative estimate of drug-likeness (QED) is 0.213. The standard InChI is InChI=1S/C20H15F16NO3S/c1-6-3-4-7-8(5-6)41-10(9(7)11(38)40-2)37-13(39)15(25,26)17(29,30)19(33,34)20(35,36)18(31,32)16(27,28)14(23,24)12(21)22/h6,12H,3-5H2,1-2H3,(H,37,39). The molecule has 1 amide bonds. The molecule has 0 spiro atoms. The molecule has 0 saturated heterocycles. The van der Waals surface area contributed by atoms with Crippen LogP contribution in [-0.4, -0.2) is 66.9 Å². The molecule has 21 heteroatoms. The number of amides is 1. The van der Waals surface area contributed by atoms with Gasteiger partial charge in [0.1, 0.15) is 5.00 Å². The highest BCUT2D eigenvalue weighted by molar-refractivity contribution is 7.17. The van der Waals surface area contributed by atoms with Gasteiger partial charge in [-0.25, -0.2) is 13.6 Å². The van der Waals surface area contributed by atoms with E-state index in [-0.39, 0.29) is 40.5 Å². The van der Waals surface area contributed by atoms with E-state index in [0.717, 1.165) is 12.4 Å². The summed E-state index contributed by atoms with van der Waals surface area (Å²) in [5.74, 6) is -61.9. The minimum Gasteiger partial charge on any atom is -0.465 e. The van der Waals surface area contributed by atoms with Gasteiger partial charge in [-0.3, -0.25) is 4.79 Å². The summed E-state index contributed by atoms with van der Waals surface area (Å²) in [6.45, 7) is 1.67. The predicted molar refractivity (Wildman–Crippen MR) is 106 cm³/mol. The largest absolute Gasteiger partial charge is 0.465 e. The summed E-state index contributed by atoms with van der Waals surface area (Å²) in [5.41, 5.74) is -0.687. The van der Waals surface area contributed by atoms with Crippen LogP contribution < -0.4 is 5.32 Å². The zero-order valence-corrected chi connectivity index (χ0v) is 20.8. The Bertz CT molecular complexity index is 1180. The first-order valence-corrected chi connectivity index (χ1v) is 11.5. The lowest BCUT2D eigenvalue weighted by atomic mass is 9.88. The fraction of sp³-hybridized carbons (Fsp3) is 0.700. The molecule has 236 valence electrons. The molecule has 0 aliphatic heterocycles. The average molecular weight is 653 g/mol. The number of nitrogens with one attached hydrogen (secondary N) is 1. The Balaban J connectivity index is 2.57. The molecule has 1 N–H and O–H groups in total. The molecule has 1 aliphatic rings. The average Bonchev–Trinajstić information content (AvgIpc) is 3.19. The van der Waals surface area contributed by atoms with Gasteiger partial charge in [-0.05, 0) is 30.7 Å². The minimum absolute atomic E-state index is 0.0245. The highest BCUT2D eigenvalue weighted by Gasteiger charge is 2.94. The van der Waals surface area contributed by atoms with Crippen LogP contribution in [0.25, 0.3) is 0 Å². The van der Waals surface area contributed by atoms with Crippen molar-refractivity contribution >= 4 is 28.2 Å². The van der Waals surface area contributed by atoms with Crippen LogP contribution in [-0.2, 0) is 22.4 Å². The number of methoxy groups -OCH3 is 1. The van der Waals surface area contributed by atoms with E-state index in [1.54, 1.807) is 6.92 Å². The maximum atomic E-state index is 14.3. The summed E-state index contributed by atoms with van der Waals surface area (Å²) in [5, 5.41) is -0.164. The first-order chi connectivity index (χ1) is 18.2. The van der Waals surface area contributed by atoms with Gasteiger partial charge >= 0.3 is 59.8 Å². The van der Waals surface area contributed by atoms with Crippen LogP contribution in [0.3, 0.4) is 0 Å². The SMILES string of the molecule is COC(=O)c1c(NC(=O)C(F)(F)C(F)(F)C(F)(F)C(F)(F)C(F)(F)C(F)(F)C(F)(F)C(F)F)sc2c1CCC(C)C2. The van der Waals surface area contributed by atoms with E-state index >= 15 is 0 Å². The van der Waals surface area contributed by atoms with Gasteiger partial charge < -0.3 is 10.1 Å². The number of ether oxygens (including phenoxy) is 1. The second-order valence-corrected chi connectivity index (χ2v) is 9.98. The zero-order valence-electron chi connectivity index (χ0n) is 20.0. The molecule has 0 saturated carbocycles. The third kappa shape index (κ3) is 4.88. The molecule has 0 aromatic carbocycles. The molecular formula is C20H15F16NO3S. The van der Waals surface area contributed by atoms with E-state index in [1.807, 2.05) is 0 Å². The number of esters is 1. The summed E-state index contributed by atoms with van der Waals surface area (Å²) in [7, 11) is 0.738. The number of hydrogen-bond donors (Lipinski definition) is 1. The lowest BCUT2D eigenvalue weighted by Crippen LogP contribution is -2.74. The zero-order chi connectivity index (χ0) is 32.4. The van der Waals surface area contributed by atoms with Crippen molar-refractivity contribution in [2.45, 2.75) is 74.1 Å². The Hall–Kier alpha value is -2.48. The number of thiophene rings is 1. The Morgan fingerprint density at radius 1 is 0.829 bits per heavy atom. The molecule has 4 nitrogen and oxygen atoms in total. The van der Waals surface area contributed by atoms with Gasteiger partial charge in [0.25, 0.3) is 0 Å². The number of rotatable bonds is 10. The molecule has 1 unspecified atom stereocenters. The number of halogens is 16. The molecule has 0 bridgehead atoms. The van der Waals surface area contributed by atoms with Crippen LogP contribution in [0.2, 0.25) is 0 Å². The van der Waals surface area contributed by atoms with Crippen molar-refractivity contribution in [1.29, 1.82) is 0 Å². The second-order valence-electron chi connectivity index (χ2n) is 8.87. The molecule has 1 aromatic rings. The lowest BCUT2D eigenvalue weighted by molar-refractivity contribution is -0.443. The van der Waals surface area contributed by atoms with Crippen molar-refractivity contribution in [2.75, 3.05) is 12.4 Å². The molecule has 1 heterocycles. The Labute approximate surface area is 222 Å². The van der Waals surface area contributed by atoms with Gasteiger partial charge in [0.15, 0.2) is 0 Å². The molecule has 0 fully saturated rings. The molecule has 0 radical (unpaired) electrons. The number of fused-ring (bicyclic) bond motifs is 1. The van der Waals surface area contributed by atoms with Crippen molar-refractivity contribution in [3.05, 3.63) is 16.0 Å². The summed E-state index contributed by atoms with van der Waals surface area (Å²) >= 11 is 0.270.